The van der Waals surface area contributed by atoms with Crippen LogP contribution < -0.4 is 0 Å². The molecule has 1 fully saturated rings. The highest BCUT2D eigenvalue weighted by molar-refractivity contribution is 5.63. The van der Waals surface area contributed by atoms with E-state index in [9.17, 15) is 9.59 Å². The highest BCUT2D eigenvalue weighted by Crippen LogP contribution is 2.12. The fraction of sp³-hybridized carbons (Fsp3) is 0.714. The van der Waals surface area contributed by atoms with E-state index in [2.05, 4.69) is 0 Å². The SMILES string of the molecule is CC1(C=O)CN(C=O)CCO1. The molecule has 4 nitrogen and oxygen atoms in total. The maximum absolute atomic E-state index is 10.5. The number of morpholine rings is 1. The van der Waals surface area contributed by atoms with E-state index in [4.69, 9.17) is 4.74 Å². The van der Waals surface area contributed by atoms with Crippen LogP contribution in [0.1, 0.15) is 6.92 Å². The Balaban J connectivity index is 2.57. The van der Waals surface area contributed by atoms with Gasteiger partial charge in [-0.25, -0.2) is 0 Å². The molecule has 11 heavy (non-hydrogen) atoms. The van der Waals surface area contributed by atoms with Crippen molar-refractivity contribution in [3.63, 3.8) is 0 Å². The van der Waals surface area contributed by atoms with E-state index < -0.39 is 5.60 Å². The molecule has 0 spiro atoms. The lowest BCUT2D eigenvalue weighted by Gasteiger charge is -2.34. The summed E-state index contributed by atoms with van der Waals surface area (Å²) in [6, 6.07) is 0. The number of ether oxygens (including phenoxy) is 1. The average molecular weight is 157 g/mol. The van der Waals surface area contributed by atoms with Crippen LogP contribution in [0.25, 0.3) is 0 Å². The van der Waals surface area contributed by atoms with E-state index in [1.165, 1.54) is 4.90 Å². The minimum atomic E-state index is -0.792. The van der Waals surface area contributed by atoms with Crippen LogP contribution in [0.4, 0.5) is 0 Å². The third-order valence-electron chi connectivity index (χ3n) is 1.73. The summed E-state index contributed by atoms with van der Waals surface area (Å²) in [5, 5.41) is 0. The van der Waals surface area contributed by atoms with E-state index in [1.807, 2.05) is 0 Å². The number of aldehydes is 1. The van der Waals surface area contributed by atoms with E-state index >= 15 is 0 Å². The fourth-order valence-electron chi connectivity index (χ4n) is 1.09. The first-order valence-electron chi connectivity index (χ1n) is 3.50. The molecule has 1 unspecified atom stereocenters. The molecule has 1 aliphatic heterocycles. The van der Waals surface area contributed by atoms with Gasteiger partial charge in [0.25, 0.3) is 0 Å². The summed E-state index contributed by atoms with van der Waals surface area (Å²) in [6.45, 7) is 3.05. The van der Waals surface area contributed by atoms with Crippen molar-refractivity contribution in [1.82, 2.24) is 4.90 Å². The summed E-state index contributed by atoms with van der Waals surface area (Å²) in [5.41, 5.74) is -0.792. The van der Waals surface area contributed by atoms with Gasteiger partial charge in [0, 0.05) is 6.54 Å². The zero-order valence-corrected chi connectivity index (χ0v) is 6.45. The third-order valence-corrected chi connectivity index (χ3v) is 1.73. The van der Waals surface area contributed by atoms with Gasteiger partial charge >= 0.3 is 0 Å². The first kappa shape index (κ1) is 8.20. The minimum Gasteiger partial charge on any atom is -0.364 e. The van der Waals surface area contributed by atoms with Crippen molar-refractivity contribution in [2.45, 2.75) is 12.5 Å². The molecule has 1 rings (SSSR count). The number of rotatable bonds is 2. The lowest BCUT2D eigenvalue weighted by molar-refractivity contribution is -0.146. The van der Waals surface area contributed by atoms with Crippen LogP contribution in [0.2, 0.25) is 0 Å². The quantitative estimate of drug-likeness (QED) is 0.504. The summed E-state index contributed by atoms with van der Waals surface area (Å²) < 4.78 is 5.18. The molecule has 1 saturated heterocycles. The fourth-order valence-corrected chi connectivity index (χ4v) is 1.09. The van der Waals surface area contributed by atoms with Gasteiger partial charge in [-0.2, -0.15) is 0 Å². The number of hydrogen-bond donors (Lipinski definition) is 0. The smallest absolute Gasteiger partial charge is 0.209 e. The molecule has 1 heterocycles. The maximum Gasteiger partial charge on any atom is 0.209 e. The van der Waals surface area contributed by atoms with Crippen LogP contribution in [-0.2, 0) is 14.3 Å². The van der Waals surface area contributed by atoms with Gasteiger partial charge < -0.3 is 14.4 Å². The zero-order chi connectivity index (χ0) is 8.32. The van der Waals surface area contributed by atoms with Crippen LogP contribution in [-0.4, -0.2) is 42.9 Å². The van der Waals surface area contributed by atoms with Crippen LogP contribution in [0.5, 0.6) is 0 Å². The molecule has 1 aliphatic rings. The van der Waals surface area contributed by atoms with Crippen molar-refractivity contribution < 1.29 is 14.3 Å². The predicted molar refractivity (Wildman–Crippen MR) is 38.1 cm³/mol. The van der Waals surface area contributed by atoms with Crippen LogP contribution >= 0.6 is 0 Å². The van der Waals surface area contributed by atoms with E-state index in [0.717, 1.165) is 12.7 Å². The monoisotopic (exact) mass is 157 g/mol. The summed E-state index contributed by atoms with van der Waals surface area (Å²) in [6.07, 6.45) is 1.48. The molecular weight excluding hydrogens is 146 g/mol. The second-order valence-corrected chi connectivity index (χ2v) is 2.85. The molecule has 0 aliphatic carbocycles. The molecule has 0 bridgehead atoms. The highest BCUT2D eigenvalue weighted by atomic mass is 16.5. The molecule has 1 amide bonds. The molecule has 0 aromatic rings. The Hall–Kier alpha value is -0.900. The van der Waals surface area contributed by atoms with Gasteiger partial charge in [0.15, 0.2) is 6.29 Å². The molecule has 62 valence electrons. The largest absolute Gasteiger partial charge is 0.364 e. The van der Waals surface area contributed by atoms with Gasteiger partial charge in [0.05, 0.1) is 13.2 Å². The summed E-state index contributed by atoms with van der Waals surface area (Å²) >= 11 is 0. The zero-order valence-electron chi connectivity index (χ0n) is 6.45. The summed E-state index contributed by atoms with van der Waals surface area (Å²) in [5.74, 6) is 0. The van der Waals surface area contributed by atoms with E-state index in [-0.39, 0.29) is 0 Å². The number of carbonyl (C=O) groups is 2. The summed E-state index contributed by atoms with van der Waals surface area (Å²) in [7, 11) is 0. The van der Waals surface area contributed by atoms with Gasteiger partial charge in [0.2, 0.25) is 6.41 Å². The van der Waals surface area contributed by atoms with Crippen molar-refractivity contribution in [3.05, 3.63) is 0 Å². The van der Waals surface area contributed by atoms with Gasteiger partial charge in [-0.1, -0.05) is 0 Å². The second-order valence-electron chi connectivity index (χ2n) is 2.85. The number of amides is 1. The van der Waals surface area contributed by atoms with Gasteiger partial charge in [0.1, 0.15) is 5.60 Å². The normalized spacial score (nSPS) is 31.5. The highest BCUT2D eigenvalue weighted by Gasteiger charge is 2.30. The molecule has 4 heteroatoms. The summed E-state index contributed by atoms with van der Waals surface area (Å²) in [4.78, 5) is 22.3. The van der Waals surface area contributed by atoms with Crippen molar-refractivity contribution in [1.29, 1.82) is 0 Å². The average Bonchev–Trinajstić information content (AvgIpc) is 2.05. The molecule has 0 aromatic heterocycles. The minimum absolute atomic E-state index is 0.361. The Morgan fingerprint density at radius 1 is 1.55 bits per heavy atom. The Morgan fingerprint density at radius 2 is 2.27 bits per heavy atom. The van der Waals surface area contributed by atoms with Crippen LogP contribution in [0, 0.1) is 0 Å². The molecule has 0 N–H and O–H groups in total. The molecular formula is C7H11NO3. The first-order chi connectivity index (χ1) is 5.20. The lowest BCUT2D eigenvalue weighted by atomic mass is 10.1. The van der Waals surface area contributed by atoms with Crippen molar-refractivity contribution in [3.8, 4) is 0 Å². The number of carbonyl (C=O) groups excluding carboxylic acids is 2. The molecule has 0 aromatic carbocycles. The molecule has 0 saturated carbocycles. The van der Waals surface area contributed by atoms with Crippen LogP contribution in [0.15, 0.2) is 0 Å². The molecule has 1 atom stereocenters. The first-order valence-corrected chi connectivity index (χ1v) is 3.50. The maximum atomic E-state index is 10.5. The lowest BCUT2D eigenvalue weighted by Crippen LogP contribution is -2.50. The Kier molecular flexibility index (Phi) is 2.24. The topological polar surface area (TPSA) is 46.6 Å². The standard InChI is InChI=1S/C7H11NO3/c1-7(5-9)4-8(6-10)2-3-11-7/h5-6H,2-4H2,1H3. The number of nitrogens with zero attached hydrogens (tertiary/aromatic N) is 1. The van der Waals surface area contributed by atoms with Gasteiger partial charge in [-0.05, 0) is 6.92 Å². The number of hydrogen-bond acceptors (Lipinski definition) is 3. The van der Waals surface area contributed by atoms with Gasteiger partial charge in [-0.3, -0.25) is 4.79 Å². The Morgan fingerprint density at radius 3 is 2.82 bits per heavy atom. The van der Waals surface area contributed by atoms with Crippen molar-refractivity contribution >= 4 is 12.7 Å². The second kappa shape index (κ2) is 3.00. The third kappa shape index (κ3) is 1.77. The predicted octanol–water partition coefficient (Wildman–Crippen LogP) is -0.567. The van der Waals surface area contributed by atoms with E-state index in [1.54, 1.807) is 6.92 Å². The molecule has 0 radical (unpaired) electrons. The van der Waals surface area contributed by atoms with Crippen LogP contribution in [0.3, 0.4) is 0 Å². The Labute approximate surface area is 65.1 Å². The van der Waals surface area contributed by atoms with Crippen molar-refractivity contribution in [2.75, 3.05) is 19.7 Å². The van der Waals surface area contributed by atoms with Gasteiger partial charge in [-0.15, -0.1) is 0 Å². The Bertz CT molecular complexity index is 171. The van der Waals surface area contributed by atoms with E-state index in [0.29, 0.717) is 19.7 Å². The van der Waals surface area contributed by atoms with Crippen molar-refractivity contribution in [2.24, 2.45) is 0 Å².